The molecule has 0 radical (unpaired) electrons. The summed E-state index contributed by atoms with van der Waals surface area (Å²) in [5.41, 5.74) is 0.851. The third-order valence-electron chi connectivity index (χ3n) is 4.69. The molecule has 3 aromatic heterocycles. The molecular weight excluding hydrogens is 409 g/mol. The zero-order chi connectivity index (χ0) is 22.2. The summed E-state index contributed by atoms with van der Waals surface area (Å²) >= 11 is 0. The normalized spacial score (nSPS) is 12.0. The summed E-state index contributed by atoms with van der Waals surface area (Å²) in [5, 5.41) is 12.4. The van der Waals surface area contributed by atoms with Gasteiger partial charge in [0.15, 0.2) is 5.82 Å². The molecule has 10 heteroatoms. The number of fused-ring (bicyclic) bond motifs is 1. The fourth-order valence-corrected chi connectivity index (χ4v) is 3.26. The van der Waals surface area contributed by atoms with Gasteiger partial charge in [-0.2, -0.15) is 23.4 Å². The van der Waals surface area contributed by atoms with Crippen LogP contribution in [0.5, 0.6) is 5.75 Å². The molecule has 0 atom stereocenters. The van der Waals surface area contributed by atoms with E-state index in [2.05, 4.69) is 20.5 Å². The van der Waals surface area contributed by atoms with Gasteiger partial charge >= 0.3 is 6.18 Å². The SMILES string of the molecule is COc1ccc(Cn2nc(-n3cc(C(F)(F)F)cn3)c3c(NC(C)C)nccc32)cc1. The number of halogens is 3. The number of hydrogen-bond acceptors (Lipinski definition) is 5. The lowest BCUT2D eigenvalue weighted by molar-refractivity contribution is -0.137. The van der Waals surface area contributed by atoms with Gasteiger partial charge in [-0.25, -0.2) is 9.67 Å². The molecule has 0 saturated heterocycles. The molecule has 0 saturated carbocycles. The van der Waals surface area contributed by atoms with E-state index in [4.69, 9.17) is 4.74 Å². The molecular formula is C21H21F3N6O. The number of hydrogen-bond donors (Lipinski definition) is 1. The molecule has 0 spiro atoms. The van der Waals surface area contributed by atoms with Crippen LogP contribution in [0.25, 0.3) is 16.7 Å². The molecule has 0 aliphatic heterocycles. The zero-order valence-corrected chi connectivity index (χ0v) is 17.2. The number of rotatable bonds is 6. The van der Waals surface area contributed by atoms with Crippen LogP contribution in [0.15, 0.2) is 48.9 Å². The monoisotopic (exact) mass is 430 g/mol. The van der Waals surface area contributed by atoms with Crippen LogP contribution in [0.1, 0.15) is 25.0 Å². The maximum Gasteiger partial charge on any atom is 0.419 e. The minimum Gasteiger partial charge on any atom is -0.497 e. The fraction of sp³-hybridized carbons (Fsp3) is 0.286. The molecule has 0 unspecified atom stereocenters. The molecule has 0 aliphatic carbocycles. The number of pyridine rings is 1. The van der Waals surface area contributed by atoms with Gasteiger partial charge in [-0.1, -0.05) is 12.1 Å². The summed E-state index contributed by atoms with van der Waals surface area (Å²) in [4.78, 5) is 4.39. The smallest absolute Gasteiger partial charge is 0.419 e. The van der Waals surface area contributed by atoms with Gasteiger partial charge in [-0.15, -0.1) is 0 Å². The molecule has 3 heterocycles. The first-order chi connectivity index (χ1) is 14.8. The van der Waals surface area contributed by atoms with Gasteiger partial charge in [-0.05, 0) is 37.6 Å². The molecule has 4 aromatic rings. The zero-order valence-electron chi connectivity index (χ0n) is 17.2. The third-order valence-corrected chi connectivity index (χ3v) is 4.69. The van der Waals surface area contributed by atoms with Crippen molar-refractivity contribution in [2.75, 3.05) is 12.4 Å². The van der Waals surface area contributed by atoms with Gasteiger partial charge in [-0.3, -0.25) is 4.68 Å². The number of methoxy groups -OCH3 is 1. The highest BCUT2D eigenvalue weighted by atomic mass is 19.4. The lowest BCUT2D eigenvalue weighted by Crippen LogP contribution is -2.11. The fourth-order valence-electron chi connectivity index (χ4n) is 3.26. The maximum atomic E-state index is 13.1. The highest BCUT2D eigenvalue weighted by Gasteiger charge is 2.33. The lowest BCUT2D eigenvalue weighted by atomic mass is 10.2. The number of benzene rings is 1. The van der Waals surface area contributed by atoms with Gasteiger partial charge < -0.3 is 10.1 Å². The van der Waals surface area contributed by atoms with E-state index < -0.39 is 11.7 Å². The molecule has 1 aromatic carbocycles. The van der Waals surface area contributed by atoms with Crippen molar-refractivity contribution in [2.45, 2.75) is 32.6 Å². The highest BCUT2D eigenvalue weighted by Crippen LogP contribution is 2.32. The predicted molar refractivity (Wildman–Crippen MR) is 111 cm³/mol. The number of nitrogens with one attached hydrogen (secondary N) is 1. The van der Waals surface area contributed by atoms with Crippen molar-refractivity contribution < 1.29 is 17.9 Å². The van der Waals surface area contributed by atoms with E-state index in [0.717, 1.165) is 33.9 Å². The maximum absolute atomic E-state index is 13.1. The van der Waals surface area contributed by atoms with Crippen molar-refractivity contribution in [2.24, 2.45) is 0 Å². The number of alkyl halides is 3. The minimum atomic E-state index is -4.49. The van der Waals surface area contributed by atoms with E-state index in [9.17, 15) is 13.2 Å². The van der Waals surface area contributed by atoms with E-state index in [1.165, 1.54) is 0 Å². The highest BCUT2D eigenvalue weighted by molar-refractivity contribution is 5.95. The van der Waals surface area contributed by atoms with Gasteiger partial charge in [0, 0.05) is 18.4 Å². The van der Waals surface area contributed by atoms with E-state index in [-0.39, 0.29) is 11.9 Å². The van der Waals surface area contributed by atoms with Crippen LogP contribution >= 0.6 is 0 Å². The molecule has 0 fully saturated rings. The van der Waals surface area contributed by atoms with Crippen molar-refractivity contribution in [1.82, 2.24) is 24.5 Å². The molecule has 7 nitrogen and oxygen atoms in total. The predicted octanol–water partition coefficient (Wildman–Crippen LogP) is 4.51. The summed E-state index contributed by atoms with van der Waals surface area (Å²) in [7, 11) is 1.60. The van der Waals surface area contributed by atoms with Gasteiger partial charge in [0.25, 0.3) is 0 Å². The molecule has 0 bridgehead atoms. The Morgan fingerprint density at radius 1 is 1.13 bits per heavy atom. The van der Waals surface area contributed by atoms with Crippen LogP contribution in [-0.4, -0.2) is 37.7 Å². The number of nitrogens with zero attached hydrogens (tertiary/aromatic N) is 5. The summed E-state index contributed by atoms with van der Waals surface area (Å²) in [6, 6.07) is 9.37. The Morgan fingerprint density at radius 2 is 1.87 bits per heavy atom. The Morgan fingerprint density at radius 3 is 2.48 bits per heavy atom. The first-order valence-electron chi connectivity index (χ1n) is 9.63. The second-order valence-electron chi connectivity index (χ2n) is 7.35. The molecule has 31 heavy (non-hydrogen) atoms. The topological polar surface area (TPSA) is 69.8 Å². The van der Waals surface area contributed by atoms with E-state index >= 15 is 0 Å². The van der Waals surface area contributed by atoms with Crippen LogP contribution in [-0.2, 0) is 12.7 Å². The van der Waals surface area contributed by atoms with Gasteiger partial charge in [0.05, 0.1) is 36.3 Å². The Bertz CT molecular complexity index is 1190. The number of aromatic nitrogens is 5. The Hall–Kier alpha value is -3.56. The molecule has 162 valence electrons. The average molecular weight is 430 g/mol. The summed E-state index contributed by atoms with van der Waals surface area (Å²) in [6.45, 7) is 4.33. The summed E-state index contributed by atoms with van der Waals surface area (Å²) in [5.74, 6) is 1.54. The second-order valence-corrected chi connectivity index (χ2v) is 7.35. The van der Waals surface area contributed by atoms with Gasteiger partial charge in [0.2, 0.25) is 0 Å². The van der Waals surface area contributed by atoms with Crippen LogP contribution in [0.4, 0.5) is 19.0 Å². The van der Waals surface area contributed by atoms with Crippen molar-refractivity contribution in [3.8, 4) is 11.6 Å². The lowest BCUT2D eigenvalue weighted by Gasteiger charge is -2.11. The van der Waals surface area contributed by atoms with E-state index in [0.29, 0.717) is 17.7 Å². The first-order valence-corrected chi connectivity index (χ1v) is 9.63. The number of ether oxygens (including phenoxy) is 1. The van der Waals surface area contributed by atoms with E-state index in [1.54, 1.807) is 24.1 Å². The minimum absolute atomic E-state index is 0.0687. The third kappa shape index (κ3) is 4.18. The second kappa shape index (κ2) is 7.93. The average Bonchev–Trinajstić information content (AvgIpc) is 3.34. The summed E-state index contributed by atoms with van der Waals surface area (Å²) in [6.07, 6.45) is -1.11. The van der Waals surface area contributed by atoms with Gasteiger partial charge in [0.1, 0.15) is 11.6 Å². The largest absolute Gasteiger partial charge is 0.497 e. The van der Waals surface area contributed by atoms with Crippen LogP contribution < -0.4 is 10.1 Å². The van der Waals surface area contributed by atoms with Crippen LogP contribution in [0, 0.1) is 0 Å². The van der Waals surface area contributed by atoms with Crippen molar-refractivity contribution >= 4 is 16.7 Å². The number of anilines is 1. The van der Waals surface area contributed by atoms with E-state index in [1.807, 2.05) is 38.1 Å². The van der Waals surface area contributed by atoms with Crippen molar-refractivity contribution in [3.63, 3.8) is 0 Å². The molecule has 1 N–H and O–H groups in total. The van der Waals surface area contributed by atoms with Crippen molar-refractivity contribution in [1.29, 1.82) is 0 Å². The van der Waals surface area contributed by atoms with Crippen molar-refractivity contribution in [3.05, 3.63) is 60.0 Å². The Kier molecular flexibility index (Phi) is 5.30. The summed E-state index contributed by atoms with van der Waals surface area (Å²) < 4.78 is 47.4. The quantitative estimate of drug-likeness (QED) is 0.487. The van der Waals surface area contributed by atoms with Crippen LogP contribution in [0.2, 0.25) is 0 Å². The molecule has 0 amide bonds. The Balaban J connectivity index is 1.84. The molecule has 0 aliphatic rings. The first kappa shape index (κ1) is 20.7. The molecule has 4 rings (SSSR count). The Labute approximate surface area is 176 Å². The standard InChI is InChI=1S/C21H21F3N6O/c1-13(2)27-19-18-17(8-9-25-19)29(11-14-4-6-16(31-3)7-5-14)28-20(18)30-12-15(10-26-30)21(22,23)24/h4-10,12-13H,11H2,1-3H3,(H,25,27). The van der Waals surface area contributed by atoms with Crippen LogP contribution in [0.3, 0.4) is 0 Å².